The average molecular weight is 332 g/mol. The third-order valence-electron chi connectivity index (χ3n) is 4.29. The molecule has 3 heterocycles. The molecule has 1 aliphatic heterocycles. The molecule has 0 radical (unpaired) electrons. The molecule has 0 spiro atoms. The number of hydrogen-bond acceptors (Lipinski definition) is 5. The van der Waals surface area contributed by atoms with Crippen LogP contribution in [0, 0.1) is 25.2 Å². The molecule has 2 aromatic rings. The van der Waals surface area contributed by atoms with Crippen molar-refractivity contribution in [3.05, 3.63) is 40.1 Å². The summed E-state index contributed by atoms with van der Waals surface area (Å²) in [4.78, 5) is 14.5. The number of ether oxygens (including phenoxy) is 1. The van der Waals surface area contributed by atoms with Gasteiger partial charge in [0.25, 0.3) is 0 Å². The van der Waals surface area contributed by atoms with Crippen LogP contribution in [0.5, 0.6) is 0 Å². The van der Waals surface area contributed by atoms with Crippen LogP contribution in [0.25, 0.3) is 0 Å². The highest BCUT2D eigenvalue weighted by Gasteiger charge is 2.36. The van der Waals surface area contributed by atoms with E-state index in [0.717, 1.165) is 23.6 Å². The zero-order valence-electron chi connectivity index (χ0n) is 13.3. The Bertz CT molecular complexity index is 747. The maximum atomic E-state index is 9.15. The molecule has 7 heteroatoms. The Labute approximate surface area is 140 Å². The Kier molecular flexibility index (Phi) is 4.24. The van der Waals surface area contributed by atoms with E-state index in [2.05, 4.69) is 19.9 Å². The number of halogens is 1. The molecule has 23 heavy (non-hydrogen) atoms. The first-order valence-corrected chi connectivity index (χ1v) is 7.80. The quantitative estimate of drug-likeness (QED) is 0.935. The number of hydrogen-bond donors (Lipinski definition) is 1. The van der Waals surface area contributed by atoms with Crippen molar-refractivity contribution in [1.82, 2.24) is 15.0 Å². The lowest BCUT2D eigenvalue weighted by Crippen LogP contribution is -2.26. The minimum Gasteiger partial charge on any atom is -0.380 e. The summed E-state index contributed by atoms with van der Waals surface area (Å²) in [5.41, 5.74) is 2.28. The van der Waals surface area contributed by atoms with Gasteiger partial charge in [0, 0.05) is 25.8 Å². The Morgan fingerprint density at radius 2 is 2.17 bits per heavy atom. The molecule has 120 valence electrons. The van der Waals surface area contributed by atoms with Crippen LogP contribution in [0.2, 0.25) is 5.02 Å². The monoisotopic (exact) mass is 331 g/mol. The van der Waals surface area contributed by atoms with Crippen LogP contribution in [0.4, 0.5) is 5.82 Å². The summed E-state index contributed by atoms with van der Waals surface area (Å²) < 4.78 is 5.53. The van der Waals surface area contributed by atoms with E-state index in [4.69, 9.17) is 21.6 Å². The highest BCUT2D eigenvalue weighted by atomic mass is 35.5. The number of H-pyrrole nitrogens is 1. The fourth-order valence-corrected chi connectivity index (χ4v) is 3.03. The van der Waals surface area contributed by atoms with Gasteiger partial charge in [-0.3, -0.25) is 0 Å². The molecule has 0 saturated carbocycles. The number of rotatable bonds is 3. The van der Waals surface area contributed by atoms with Crippen molar-refractivity contribution in [2.45, 2.75) is 32.4 Å². The van der Waals surface area contributed by atoms with Gasteiger partial charge in [0.15, 0.2) is 5.69 Å². The molecule has 0 bridgehead atoms. The number of imidazole rings is 1. The minimum atomic E-state index is 0.0348. The second-order valence-electron chi connectivity index (χ2n) is 5.71. The van der Waals surface area contributed by atoms with Crippen molar-refractivity contribution >= 4 is 17.4 Å². The van der Waals surface area contributed by atoms with Gasteiger partial charge in [-0.1, -0.05) is 11.6 Å². The Hall–Kier alpha value is -2.10. The first-order valence-electron chi connectivity index (χ1n) is 7.42. The molecular formula is C16H18ClN5O. The Morgan fingerprint density at radius 1 is 1.39 bits per heavy atom. The number of aryl methyl sites for hydroxylation is 2. The molecule has 2 atom stereocenters. The van der Waals surface area contributed by atoms with E-state index in [1.165, 1.54) is 0 Å². The molecule has 2 aromatic heterocycles. The molecule has 0 aromatic carbocycles. The van der Waals surface area contributed by atoms with Gasteiger partial charge in [-0.05, 0) is 26.0 Å². The molecule has 1 saturated heterocycles. The maximum Gasteiger partial charge on any atom is 0.161 e. The van der Waals surface area contributed by atoms with Gasteiger partial charge in [0.1, 0.15) is 17.7 Å². The molecule has 0 amide bonds. The van der Waals surface area contributed by atoms with Gasteiger partial charge < -0.3 is 14.6 Å². The first-order chi connectivity index (χ1) is 11.0. The maximum absolute atomic E-state index is 9.15. The molecule has 1 fully saturated rings. The van der Waals surface area contributed by atoms with Crippen molar-refractivity contribution < 1.29 is 4.74 Å². The van der Waals surface area contributed by atoms with Crippen molar-refractivity contribution in [2.75, 3.05) is 18.6 Å². The molecule has 0 unspecified atom stereocenters. The summed E-state index contributed by atoms with van der Waals surface area (Å²) in [5, 5.41) is 9.51. The zero-order chi connectivity index (χ0) is 16.6. The van der Waals surface area contributed by atoms with Gasteiger partial charge >= 0.3 is 0 Å². The second-order valence-corrected chi connectivity index (χ2v) is 6.11. The third-order valence-corrected chi connectivity index (χ3v) is 4.59. The lowest BCUT2D eigenvalue weighted by Gasteiger charge is -2.24. The predicted molar refractivity (Wildman–Crippen MR) is 87.5 cm³/mol. The number of aromatic nitrogens is 3. The second kappa shape index (κ2) is 6.19. The molecule has 0 aliphatic carbocycles. The van der Waals surface area contributed by atoms with Gasteiger partial charge in [0.05, 0.1) is 22.9 Å². The highest BCUT2D eigenvalue weighted by Crippen LogP contribution is 2.36. The lowest BCUT2D eigenvalue weighted by atomic mass is 10.2. The molecule has 1 aliphatic rings. The summed E-state index contributed by atoms with van der Waals surface area (Å²) in [6, 6.07) is 5.60. The summed E-state index contributed by atoms with van der Waals surface area (Å²) in [6.45, 7) is 4.68. The van der Waals surface area contributed by atoms with Crippen molar-refractivity contribution in [1.29, 1.82) is 5.26 Å². The van der Waals surface area contributed by atoms with Gasteiger partial charge in [-0.25, -0.2) is 9.97 Å². The first kappa shape index (κ1) is 15.8. The smallest absolute Gasteiger partial charge is 0.161 e. The number of nitrogens with zero attached hydrogens (tertiary/aromatic N) is 4. The van der Waals surface area contributed by atoms with E-state index in [0.29, 0.717) is 17.4 Å². The summed E-state index contributed by atoms with van der Waals surface area (Å²) >= 11 is 5.99. The number of pyridine rings is 1. The standard InChI is InChI=1S/C16H18ClN5O/c1-9-10(2)20-16(19-9)14-6-11(23-3)8-22(14)15-5-4-12(17)13(7-18)21-15/h4-5,11,14H,6,8H2,1-3H3,(H,19,20)/t11-,14+/m1/s1. The van der Waals surface area contributed by atoms with Crippen LogP contribution >= 0.6 is 11.6 Å². The summed E-state index contributed by atoms with van der Waals surface area (Å²) in [7, 11) is 1.71. The van der Waals surface area contributed by atoms with Crippen LogP contribution in [-0.2, 0) is 4.74 Å². The van der Waals surface area contributed by atoms with E-state index in [9.17, 15) is 0 Å². The number of methoxy groups -OCH3 is 1. The van der Waals surface area contributed by atoms with E-state index in [1.54, 1.807) is 13.2 Å². The van der Waals surface area contributed by atoms with Crippen LogP contribution in [0.3, 0.4) is 0 Å². The largest absolute Gasteiger partial charge is 0.380 e. The third kappa shape index (κ3) is 2.90. The van der Waals surface area contributed by atoms with Crippen LogP contribution in [-0.4, -0.2) is 34.7 Å². The van der Waals surface area contributed by atoms with E-state index in [-0.39, 0.29) is 17.8 Å². The molecule has 6 nitrogen and oxygen atoms in total. The minimum absolute atomic E-state index is 0.0348. The van der Waals surface area contributed by atoms with Crippen LogP contribution in [0.1, 0.15) is 35.4 Å². The normalized spacial score (nSPS) is 20.7. The average Bonchev–Trinajstić information content (AvgIpc) is 3.12. The number of aromatic amines is 1. The molecule has 3 rings (SSSR count). The topological polar surface area (TPSA) is 77.8 Å². The van der Waals surface area contributed by atoms with Crippen molar-refractivity contribution in [3.8, 4) is 6.07 Å². The van der Waals surface area contributed by atoms with E-state index >= 15 is 0 Å². The van der Waals surface area contributed by atoms with Crippen LogP contribution < -0.4 is 4.90 Å². The fourth-order valence-electron chi connectivity index (χ4n) is 2.88. The number of anilines is 1. The predicted octanol–water partition coefficient (Wildman–Crippen LogP) is 2.91. The van der Waals surface area contributed by atoms with Crippen molar-refractivity contribution in [2.24, 2.45) is 0 Å². The van der Waals surface area contributed by atoms with Gasteiger partial charge in [-0.2, -0.15) is 5.26 Å². The molecule has 1 N–H and O–H groups in total. The van der Waals surface area contributed by atoms with E-state index < -0.39 is 0 Å². The summed E-state index contributed by atoms with van der Waals surface area (Å²) in [5.74, 6) is 1.61. The van der Waals surface area contributed by atoms with Crippen molar-refractivity contribution in [3.63, 3.8) is 0 Å². The van der Waals surface area contributed by atoms with Gasteiger partial charge in [-0.15, -0.1) is 0 Å². The highest BCUT2D eigenvalue weighted by molar-refractivity contribution is 6.31. The lowest BCUT2D eigenvalue weighted by molar-refractivity contribution is 0.118. The van der Waals surface area contributed by atoms with Crippen LogP contribution in [0.15, 0.2) is 12.1 Å². The Morgan fingerprint density at radius 3 is 2.78 bits per heavy atom. The Balaban J connectivity index is 1.99. The number of nitrogens with one attached hydrogen (secondary N) is 1. The van der Waals surface area contributed by atoms with E-state index in [1.807, 2.05) is 26.0 Å². The number of nitriles is 1. The molecular weight excluding hydrogens is 314 g/mol. The summed E-state index contributed by atoms with van der Waals surface area (Å²) in [6.07, 6.45) is 0.906. The fraction of sp³-hybridized carbons (Fsp3) is 0.438. The zero-order valence-corrected chi connectivity index (χ0v) is 14.1. The SMILES string of the molecule is CO[C@@H]1C[C@@H](c2nc(C)c(C)[nH]2)N(c2ccc(Cl)c(C#N)n2)C1. The van der Waals surface area contributed by atoms with Gasteiger partial charge in [0.2, 0.25) is 0 Å².